The Morgan fingerprint density at radius 1 is 0.606 bits per heavy atom. The average Bonchev–Trinajstić information content (AvgIpc) is 2.80. The molecule has 1 fully saturated rings. The van der Waals surface area contributed by atoms with Gasteiger partial charge in [-0.05, 0) is 7.05 Å². The molecule has 13 nitrogen and oxygen atoms in total. The zero-order chi connectivity index (χ0) is 24.8. The number of carbonyl (C=O) groups is 6. The van der Waals surface area contributed by atoms with Gasteiger partial charge in [0.2, 0.25) is 35.4 Å². The van der Waals surface area contributed by atoms with Gasteiger partial charge in [-0.1, -0.05) is 13.8 Å². The van der Waals surface area contributed by atoms with Gasteiger partial charge in [-0.2, -0.15) is 0 Å². The zero-order valence-corrected chi connectivity index (χ0v) is 19.6. The quantitative estimate of drug-likeness (QED) is 0.246. The van der Waals surface area contributed by atoms with E-state index in [1.807, 2.05) is 0 Å². The van der Waals surface area contributed by atoms with Gasteiger partial charge in [0.1, 0.15) is 0 Å². The minimum absolute atomic E-state index is 0.0346. The Kier molecular flexibility index (Phi) is 12.4. The highest BCUT2D eigenvalue weighted by molar-refractivity contribution is 5.87. The van der Waals surface area contributed by atoms with Crippen LogP contribution in [-0.4, -0.2) is 103 Å². The van der Waals surface area contributed by atoms with Gasteiger partial charge < -0.3 is 31.1 Å². The minimum Gasteiger partial charge on any atom is -0.356 e. The fraction of sp³-hybridized carbons (Fsp3) is 0.700. The lowest BCUT2D eigenvalue weighted by Gasteiger charge is -2.40. The molecule has 0 aromatic carbocycles. The molecule has 1 aliphatic heterocycles. The van der Waals surface area contributed by atoms with E-state index in [0.29, 0.717) is 12.8 Å². The molecule has 0 unspecified atom stereocenters. The van der Waals surface area contributed by atoms with Crippen molar-refractivity contribution in [1.29, 1.82) is 0 Å². The normalized spacial score (nSPS) is 13.8. The summed E-state index contributed by atoms with van der Waals surface area (Å²) in [5.41, 5.74) is 0. The molecule has 0 bridgehead atoms. The largest absolute Gasteiger partial charge is 0.356 e. The molecule has 186 valence electrons. The van der Waals surface area contributed by atoms with E-state index >= 15 is 0 Å². The molecule has 1 aliphatic rings. The summed E-state index contributed by atoms with van der Waals surface area (Å²) in [5, 5.41) is 10.2. The molecule has 1 saturated heterocycles. The standard InChI is InChI=1S/C20H35N7O6/c1-4-15(28)21-8-6-17(30)23-10-19(32)26-12-25(3)13-27(14-26)20(33)11-24-18(31)7-9-22-16(29)5-2/h4-14H2,1-3H3,(H,21,28)(H,22,29)(H,23,30)(H,24,31). The van der Waals surface area contributed by atoms with Gasteiger partial charge in [0.15, 0.2) is 0 Å². The van der Waals surface area contributed by atoms with Crippen LogP contribution in [0.15, 0.2) is 0 Å². The molecule has 0 atom stereocenters. The number of hydrogen-bond donors (Lipinski definition) is 4. The second-order valence-electron chi connectivity index (χ2n) is 7.61. The van der Waals surface area contributed by atoms with Gasteiger partial charge in [-0.3, -0.25) is 33.7 Å². The Labute approximate surface area is 193 Å². The Hall–Kier alpha value is -3.22. The lowest BCUT2D eigenvalue weighted by Crippen LogP contribution is -2.59. The number of nitrogens with zero attached hydrogens (tertiary/aromatic N) is 3. The lowest BCUT2D eigenvalue weighted by atomic mass is 10.3. The van der Waals surface area contributed by atoms with Crippen molar-refractivity contribution < 1.29 is 28.8 Å². The van der Waals surface area contributed by atoms with Gasteiger partial charge in [-0.25, -0.2) is 0 Å². The summed E-state index contributed by atoms with van der Waals surface area (Å²) >= 11 is 0. The van der Waals surface area contributed by atoms with Crippen LogP contribution in [0.2, 0.25) is 0 Å². The maximum atomic E-state index is 12.5. The van der Waals surface area contributed by atoms with Crippen LogP contribution in [0.4, 0.5) is 0 Å². The molecule has 0 aromatic rings. The van der Waals surface area contributed by atoms with Crippen LogP contribution in [0, 0.1) is 0 Å². The van der Waals surface area contributed by atoms with E-state index in [-0.39, 0.29) is 94.5 Å². The number of carbonyl (C=O) groups excluding carboxylic acids is 6. The van der Waals surface area contributed by atoms with Gasteiger partial charge >= 0.3 is 0 Å². The predicted octanol–water partition coefficient (Wildman–Crippen LogP) is -2.47. The first kappa shape index (κ1) is 27.8. The molecule has 0 saturated carbocycles. The van der Waals surface area contributed by atoms with Crippen molar-refractivity contribution in [3.8, 4) is 0 Å². The van der Waals surface area contributed by atoms with E-state index in [4.69, 9.17) is 0 Å². The molecule has 0 spiro atoms. The highest BCUT2D eigenvalue weighted by Gasteiger charge is 2.27. The van der Waals surface area contributed by atoms with Gasteiger partial charge in [0.05, 0.1) is 33.1 Å². The summed E-state index contributed by atoms with van der Waals surface area (Å²) in [7, 11) is 1.74. The predicted molar refractivity (Wildman–Crippen MR) is 118 cm³/mol. The van der Waals surface area contributed by atoms with Crippen molar-refractivity contribution in [2.24, 2.45) is 0 Å². The molecule has 0 aromatic heterocycles. The van der Waals surface area contributed by atoms with E-state index in [0.717, 1.165) is 0 Å². The molecule has 1 heterocycles. The third-order valence-corrected chi connectivity index (χ3v) is 4.74. The van der Waals surface area contributed by atoms with Crippen LogP contribution in [-0.2, 0) is 28.8 Å². The van der Waals surface area contributed by atoms with Crippen LogP contribution in [0.5, 0.6) is 0 Å². The maximum absolute atomic E-state index is 12.5. The van der Waals surface area contributed by atoms with Crippen LogP contribution in [0.3, 0.4) is 0 Å². The molecule has 0 aliphatic carbocycles. The van der Waals surface area contributed by atoms with Crippen LogP contribution < -0.4 is 21.3 Å². The third kappa shape index (κ3) is 11.3. The Bertz CT molecular complexity index is 672. The highest BCUT2D eigenvalue weighted by atomic mass is 16.2. The van der Waals surface area contributed by atoms with Crippen LogP contribution >= 0.6 is 0 Å². The maximum Gasteiger partial charge on any atom is 0.244 e. The summed E-state index contributed by atoms with van der Waals surface area (Å²) in [4.78, 5) is 75.6. The number of hydrogen-bond acceptors (Lipinski definition) is 7. The second kappa shape index (κ2) is 14.8. The molecular weight excluding hydrogens is 434 g/mol. The van der Waals surface area contributed by atoms with Gasteiger partial charge in [0.25, 0.3) is 0 Å². The van der Waals surface area contributed by atoms with Crippen molar-refractivity contribution in [1.82, 2.24) is 36.0 Å². The summed E-state index contributed by atoms with van der Waals surface area (Å²) in [5.74, 6) is -1.76. The Balaban J connectivity index is 2.39. The molecule has 1 rings (SSSR count). The summed E-state index contributed by atoms with van der Waals surface area (Å²) < 4.78 is 0. The molecule has 13 heteroatoms. The number of nitrogens with one attached hydrogen (secondary N) is 4. The highest BCUT2D eigenvalue weighted by Crippen LogP contribution is 2.06. The van der Waals surface area contributed by atoms with E-state index in [1.165, 1.54) is 9.80 Å². The smallest absolute Gasteiger partial charge is 0.244 e. The van der Waals surface area contributed by atoms with Crippen molar-refractivity contribution in [3.05, 3.63) is 0 Å². The minimum atomic E-state index is -0.365. The Morgan fingerprint density at radius 2 is 1.00 bits per heavy atom. The van der Waals surface area contributed by atoms with Crippen LogP contribution in [0.25, 0.3) is 0 Å². The van der Waals surface area contributed by atoms with Gasteiger partial charge in [0, 0.05) is 38.8 Å². The SMILES string of the molecule is CCC(=O)NCCC(=O)NCC(=O)N1CN(C)CN(C(=O)CNC(=O)CCNC(=O)CC)C1. The zero-order valence-electron chi connectivity index (χ0n) is 19.6. The first-order valence-corrected chi connectivity index (χ1v) is 11.0. The summed E-state index contributed by atoms with van der Waals surface area (Å²) in [6.07, 6.45) is 0.786. The number of rotatable bonds is 12. The second-order valence-corrected chi connectivity index (χ2v) is 7.61. The number of amides is 6. The van der Waals surface area contributed by atoms with E-state index in [1.54, 1.807) is 25.8 Å². The van der Waals surface area contributed by atoms with Crippen molar-refractivity contribution in [2.75, 3.05) is 53.2 Å². The first-order valence-electron chi connectivity index (χ1n) is 11.0. The fourth-order valence-corrected chi connectivity index (χ4v) is 2.87. The van der Waals surface area contributed by atoms with E-state index in [2.05, 4.69) is 21.3 Å². The summed E-state index contributed by atoms with van der Waals surface area (Å²) in [6, 6.07) is 0. The topological polar surface area (TPSA) is 160 Å². The summed E-state index contributed by atoms with van der Waals surface area (Å²) in [6.45, 7) is 3.96. The molecule has 0 radical (unpaired) electrons. The average molecular weight is 470 g/mol. The van der Waals surface area contributed by atoms with Crippen molar-refractivity contribution in [2.45, 2.75) is 39.5 Å². The monoisotopic (exact) mass is 469 g/mol. The molecule has 4 N–H and O–H groups in total. The fourth-order valence-electron chi connectivity index (χ4n) is 2.87. The van der Waals surface area contributed by atoms with Crippen molar-refractivity contribution >= 4 is 35.4 Å². The molecule has 6 amide bonds. The van der Waals surface area contributed by atoms with E-state index < -0.39 is 0 Å². The van der Waals surface area contributed by atoms with Crippen molar-refractivity contribution in [3.63, 3.8) is 0 Å². The van der Waals surface area contributed by atoms with Crippen LogP contribution in [0.1, 0.15) is 39.5 Å². The Morgan fingerprint density at radius 3 is 1.36 bits per heavy atom. The third-order valence-electron chi connectivity index (χ3n) is 4.74. The molecule has 33 heavy (non-hydrogen) atoms. The van der Waals surface area contributed by atoms with Gasteiger partial charge in [-0.15, -0.1) is 0 Å². The van der Waals surface area contributed by atoms with E-state index in [9.17, 15) is 28.8 Å². The molecular formula is C20H35N7O6. The first-order chi connectivity index (χ1) is 15.7. The lowest BCUT2D eigenvalue weighted by molar-refractivity contribution is -0.151.